The van der Waals surface area contributed by atoms with Crippen LogP contribution in [0.1, 0.15) is 39.2 Å². The zero-order valence-electron chi connectivity index (χ0n) is 15.4. The summed E-state index contributed by atoms with van der Waals surface area (Å²) in [6, 6.07) is 0. The Hall–Kier alpha value is -2.59. The fraction of sp³-hybridized carbons (Fsp3) is 0.500. The lowest BCUT2D eigenvalue weighted by Crippen LogP contribution is -2.28. The molecule has 0 aromatic carbocycles. The zero-order chi connectivity index (χ0) is 18.7. The Balaban J connectivity index is 0.00000151. The van der Waals surface area contributed by atoms with Crippen molar-refractivity contribution in [2.24, 2.45) is 7.05 Å². The fourth-order valence-corrected chi connectivity index (χ4v) is 2.07. The highest BCUT2D eigenvalue weighted by molar-refractivity contribution is 5.92. The third kappa shape index (κ3) is 6.08. The molecule has 0 atom stereocenters. The van der Waals surface area contributed by atoms with E-state index in [0.717, 1.165) is 29.4 Å². The molecule has 0 unspecified atom stereocenters. The average Bonchev–Trinajstić information content (AvgIpc) is 2.95. The van der Waals surface area contributed by atoms with Gasteiger partial charge in [0, 0.05) is 19.9 Å². The van der Waals surface area contributed by atoms with Crippen LogP contribution in [0, 0.1) is 11.8 Å². The van der Waals surface area contributed by atoms with Crippen LogP contribution in [0.4, 0.5) is 5.82 Å². The first-order valence-electron chi connectivity index (χ1n) is 8.52. The Labute approximate surface area is 149 Å². The molecule has 7 heteroatoms. The summed E-state index contributed by atoms with van der Waals surface area (Å²) in [5.74, 6) is 6.13. The summed E-state index contributed by atoms with van der Waals surface area (Å²) in [6.45, 7) is 6.99. The molecule has 0 saturated heterocycles. The predicted octanol–water partition coefficient (Wildman–Crippen LogP) is 1.86. The minimum atomic E-state index is -0.170. The first-order chi connectivity index (χ1) is 12.1. The molecule has 0 fully saturated rings. The smallest absolute Gasteiger partial charge is 0.246 e. The highest BCUT2D eigenvalue weighted by Gasteiger charge is 2.09. The van der Waals surface area contributed by atoms with Gasteiger partial charge in [0.05, 0.1) is 17.5 Å². The number of nitrogens with one attached hydrogen (secondary N) is 1. The van der Waals surface area contributed by atoms with E-state index < -0.39 is 0 Å². The summed E-state index contributed by atoms with van der Waals surface area (Å²) in [6.07, 6.45) is 5.27. The Morgan fingerprint density at radius 2 is 2.16 bits per heavy atom. The van der Waals surface area contributed by atoms with E-state index in [4.69, 9.17) is 10.5 Å². The summed E-state index contributed by atoms with van der Waals surface area (Å²) < 4.78 is 7.08. The van der Waals surface area contributed by atoms with Gasteiger partial charge in [-0.1, -0.05) is 39.0 Å². The number of carbonyl (C=O) groups excluding carboxylic acids is 1. The van der Waals surface area contributed by atoms with Gasteiger partial charge in [0.15, 0.2) is 0 Å². The van der Waals surface area contributed by atoms with Crippen LogP contribution in [0.15, 0.2) is 12.5 Å². The number of fused-ring (bicyclic) bond motifs is 1. The van der Waals surface area contributed by atoms with E-state index in [2.05, 4.69) is 34.0 Å². The van der Waals surface area contributed by atoms with E-state index in [1.165, 1.54) is 6.33 Å². The van der Waals surface area contributed by atoms with E-state index in [9.17, 15) is 4.79 Å². The molecule has 136 valence electrons. The molecule has 2 aromatic heterocycles. The molecule has 3 N–H and O–H groups in total. The Morgan fingerprint density at radius 1 is 1.40 bits per heavy atom. The number of hydrogen-bond acceptors (Lipinski definition) is 5. The molecule has 2 heterocycles. The van der Waals surface area contributed by atoms with Crippen LogP contribution in [0.2, 0.25) is 0 Å². The zero-order valence-corrected chi connectivity index (χ0v) is 15.4. The van der Waals surface area contributed by atoms with Crippen molar-refractivity contribution in [2.45, 2.75) is 33.6 Å². The minimum absolute atomic E-state index is 0.0662. The predicted molar refractivity (Wildman–Crippen MR) is 99.9 cm³/mol. The van der Waals surface area contributed by atoms with Crippen molar-refractivity contribution in [3.8, 4) is 11.8 Å². The van der Waals surface area contributed by atoms with Gasteiger partial charge in [-0.3, -0.25) is 4.79 Å². The molecular weight excluding hydrogens is 318 g/mol. The normalized spacial score (nSPS) is 9.76. The van der Waals surface area contributed by atoms with E-state index in [-0.39, 0.29) is 19.1 Å². The number of anilines is 1. The van der Waals surface area contributed by atoms with Crippen LogP contribution in [-0.2, 0) is 16.6 Å². The molecule has 0 radical (unpaired) electrons. The number of ether oxygens (including phenoxy) is 1. The minimum Gasteiger partial charge on any atom is -0.383 e. The molecular formula is C18H27N5O2. The largest absolute Gasteiger partial charge is 0.383 e. The quantitative estimate of drug-likeness (QED) is 0.615. The third-order valence-corrected chi connectivity index (χ3v) is 3.26. The number of carbonyl (C=O) groups is 1. The van der Waals surface area contributed by atoms with Crippen molar-refractivity contribution < 1.29 is 9.53 Å². The van der Waals surface area contributed by atoms with Gasteiger partial charge < -0.3 is 20.4 Å². The molecule has 25 heavy (non-hydrogen) atoms. The van der Waals surface area contributed by atoms with Crippen molar-refractivity contribution in [1.29, 1.82) is 0 Å². The summed E-state index contributed by atoms with van der Waals surface area (Å²) in [4.78, 5) is 19.7. The van der Waals surface area contributed by atoms with E-state index in [0.29, 0.717) is 12.4 Å². The van der Waals surface area contributed by atoms with Crippen LogP contribution in [0.5, 0.6) is 0 Å². The van der Waals surface area contributed by atoms with Crippen molar-refractivity contribution in [2.75, 3.05) is 25.5 Å². The molecule has 7 nitrogen and oxygen atoms in total. The highest BCUT2D eigenvalue weighted by Crippen LogP contribution is 2.21. The molecule has 0 bridgehead atoms. The first kappa shape index (κ1) is 20.5. The van der Waals surface area contributed by atoms with Crippen LogP contribution < -0.4 is 11.1 Å². The fourth-order valence-electron chi connectivity index (χ4n) is 2.07. The molecule has 2 rings (SSSR count). The lowest BCUT2D eigenvalue weighted by Gasteiger charge is -2.02. The number of rotatable bonds is 6. The van der Waals surface area contributed by atoms with Crippen LogP contribution in [0.25, 0.3) is 11.0 Å². The van der Waals surface area contributed by atoms with Gasteiger partial charge >= 0.3 is 0 Å². The number of hydrogen-bond donors (Lipinski definition) is 2. The standard InChI is InChI=1S/C16H21N5O2.C2H6/c1-3-4-8-23-10-13(22)18-7-5-6-12-9-21(2)16-14(12)15(17)19-11-20-16;1-2/h9,11H,3-4,7-8,10H2,1-2H3,(H,18,22)(H2,17,19,20);1-2H3. The monoisotopic (exact) mass is 345 g/mol. The third-order valence-electron chi connectivity index (χ3n) is 3.26. The average molecular weight is 345 g/mol. The number of nitrogens with two attached hydrogens (primary N) is 1. The molecule has 0 aliphatic carbocycles. The molecule has 0 aliphatic heterocycles. The summed E-state index contributed by atoms with van der Waals surface area (Å²) in [5, 5.41) is 3.43. The van der Waals surface area contributed by atoms with Gasteiger partial charge in [0.2, 0.25) is 5.91 Å². The van der Waals surface area contributed by atoms with E-state index in [1.807, 2.05) is 31.7 Å². The Kier molecular flexibility index (Phi) is 9.04. The summed E-state index contributed by atoms with van der Waals surface area (Å²) in [5.41, 5.74) is 7.36. The van der Waals surface area contributed by atoms with Crippen LogP contribution >= 0.6 is 0 Å². The second kappa shape index (κ2) is 11.0. The first-order valence-corrected chi connectivity index (χ1v) is 8.52. The van der Waals surface area contributed by atoms with Crippen LogP contribution in [0.3, 0.4) is 0 Å². The number of amides is 1. The number of nitrogen functional groups attached to an aromatic ring is 1. The van der Waals surface area contributed by atoms with Crippen molar-refractivity contribution in [1.82, 2.24) is 19.9 Å². The maximum absolute atomic E-state index is 11.5. The topological polar surface area (TPSA) is 95.1 Å². The summed E-state index contributed by atoms with van der Waals surface area (Å²) in [7, 11) is 1.87. The number of nitrogens with zero attached hydrogens (tertiary/aromatic N) is 3. The van der Waals surface area contributed by atoms with Gasteiger partial charge in [-0.25, -0.2) is 9.97 Å². The molecule has 0 saturated carbocycles. The van der Waals surface area contributed by atoms with Crippen LogP contribution in [-0.4, -0.2) is 40.2 Å². The lowest BCUT2D eigenvalue weighted by atomic mass is 10.2. The van der Waals surface area contributed by atoms with E-state index in [1.54, 1.807) is 0 Å². The Morgan fingerprint density at radius 3 is 2.88 bits per heavy atom. The van der Waals surface area contributed by atoms with Gasteiger partial charge in [-0.15, -0.1) is 0 Å². The van der Waals surface area contributed by atoms with Gasteiger partial charge in [0.25, 0.3) is 0 Å². The molecule has 0 spiro atoms. The molecule has 1 amide bonds. The maximum Gasteiger partial charge on any atom is 0.246 e. The highest BCUT2D eigenvalue weighted by atomic mass is 16.5. The van der Waals surface area contributed by atoms with Crippen molar-refractivity contribution >= 4 is 22.8 Å². The second-order valence-corrected chi connectivity index (χ2v) is 5.10. The van der Waals surface area contributed by atoms with Gasteiger partial charge in [-0.2, -0.15) is 0 Å². The maximum atomic E-state index is 11.5. The molecule has 2 aromatic rings. The number of unbranched alkanes of at least 4 members (excludes halogenated alkanes) is 1. The second-order valence-electron chi connectivity index (χ2n) is 5.10. The number of aryl methyl sites for hydroxylation is 1. The lowest BCUT2D eigenvalue weighted by molar-refractivity contribution is -0.125. The van der Waals surface area contributed by atoms with Crippen molar-refractivity contribution in [3.63, 3.8) is 0 Å². The Bertz CT molecular complexity index is 743. The van der Waals surface area contributed by atoms with E-state index >= 15 is 0 Å². The van der Waals surface area contributed by atoms with Crippen molar-refractivity contribution in [3.05, 3.63) is 18.1 Å². The van der Waals surface area contributed by atoms with Gasteiger partial charge in [0.1, 0.15) is 24.4 Å². The number of aromatic nitrogens is 3. The SMILES string of the molecule is CC.CCCCOCC(=O)NCC#Cc1cn(C)c2ncnc(N)c12. The molecule has 0 aliphatic rings. The van der Waals surface area contributed by atoms with Gasteiger partial charge in [-0.05, 0) is 6.42 Å². The summed E-state index contributed by atoms with van der Waals surface area (Å²) >= 11 is 0.